The van der Waals surface area contributed by atoms with Gasteiger partial charge in [-0.1, -0.05) is 0 Å². The largest absolute Gasteiger partial charge is 0.479 e. The minimum Gasteiger partial charge on any atom is -0.479 e. The third-order valence-electron chi connectivity index (χ3n) is 2.06. The highest BCUT2D eigenvalue weighted by molar-refractivity contribution is 5.74. The highest BCUT2D eigenvalue weighted by Gasteiger charge is 2.24. The van der Waals surface area contributed by atoms with Gasteiger partial charge < -0.3 is 14.9 Å². The first-order chi connectivity index (χ1) is 8.06. The van der Waals surface area contributed by atoms with Crippen LogP contribution in [-0.4, -0.2) is 29.4 Å². The van der Waals surface area contributed by atoms with E-state index in [-0.39, 0.29) is 25.2 Å². The zero-order valence-corrected chi connectivity index (χ0v) is 8.90. The standard InChI is InChI=1S/C11H12F2O4/c12-7-2-3-8(9(13)6-7)10(11(15)16)17-5-1-4-14/h2-3,6,10,14H,1,4-5H2,(H,15,16). The normalized spacial score (nSPS) is 12.4. The highest BCUT2D eigenvalue weighted by Crippen LogP contribution is 2.22. The number of hydrogen-bond acceptors (Lipinski definition) is 3. The van der Waals surface area contributed by atoms with Crippen molar-refractivity contribution in [2.75, 3.05) is 13.2 Å². The lowest BCUT2D eigenvalue weighted by Gasteiger charge is -2.14. The van der Waals surface area contributed by atoms with Crippen molar-refractivity contribution in [2.24, 2.45) is 0 Å². The Morgan fingerprint density at radius 3 is 2.65 bits per heavy atom. The van der Waals surface area contributed by atoms with Gasteiger partial charge in [-0.05, 0) is 18.6 Å². The zero-order valence-electron chi connectivity index (χ0n) is 8.90. The van der Waals surface area contributed by atoms with E-state index in [0.29, 0.717) is 6.07 Å². The molecule has 0 amide bonds. The Kier molecular flexibility index (Phi) is 4.99. The second kappa shape index (κ2) is 6.27. The maximum Gasteiger partial charge on any atom is 0.337 e. The summed E-state index contributed by atoms with van der Waals surface area (Å²) in [6.07, 6.45) is -1.26. The molecule has 1 rings (SSSR count). The van der Waals surface area contributed by atoms with Crippen LogP contribution in [0.15, 0.2) is 18.2 Å². The van der Waals surface area contributed by atoms with Crippen molar-refractivity contribution in [2.45, 2.75) is 12.5 Å². The van der Waals surface area contributed by atoms with E-state index in [1.807, 2.05) is 0 Å². The topological polar surface area (TPSA) is 66.8 Å². The SMILES string of the molecule is O=C(O)C(OCCCO)c1ccc(F)cc1F. The van der Waals surface area contributed by atoms with Crippen LogP contribution in [0.3, 0.4) is 0 Å². The molecule has 0 radical (unpaired) electrons. The molecule has 0 aromatic heterocycles. The number of aliphatic hydroxyl groups excluding tert-OH is 1. The molecule has 0 aliphatic rings. The number of carbonyl (C=O) groups is 1. The number of aliphatic hydroxyl groups is 1. The van der Waals surface area contributed by atoms with E-state index in [1.165, 1.54) is 0 Å². The maximum absolute atomic E-state index is 13.3. The smallest absolute Gasteiger partial charge is 0.337 e. The van der Waals surface area contributed by atoms with Crippen molar-refractivity contribution in [1.82, 2.24) is 0 Å². The Morgan fingerprint density at radius 1 is 1.41 bits per heavy atom. The monoisotopic (exact) mass is 246 g/mol. The second-order valence-electron chi connectivity index (χ2n) is 3.33. The van der Waals surface area contributed by atoms with Crippen LogP contribution in [0, 0.1) is 11.6 Å². The van der Waals surface area contributed by atoms with Gasteiger partial charge in [0, 0.05) is 18.2 Å². The van der Waals surface area contributed by atoms with Gasteiger partial charge in [0.1, 0.15) is 11.6 Å². The summed E-state index contributed by atoms with van der Waals surface area (Å²) in [5.74, 6) is -3.12. The fourth-order valence-corrected chi connectivity index (χ4v) is 1.27. The Labute approximate surface area is 96.5 Å². The number of ether oxygens (including phenoxy) is 1. The average Bonchev–Trinajstić information content (AvgIpc) is 2.25. The molecular formula is C11H12F2O4. The Hall–Kier alpha value is -1.53. The summed E-state index contributed by atoms with van der Waals surface area (Å²) >= 11 is 0. The van der Waals surface area contributed by atoms with Crippen LogP contribution in [0.1, 0.15) is 18.1 Å². The summed E-state index contributed by atoms with van der Waals surface area (Å²) in [6, 6.07) is 2.59. The van der Waals surface area contributed by atoms with Crippen LogP contribution in [0.25, 0.3) is 0 Å². The highest BCUT2D eigenvalue weighted by atomic mass is 19.1. The molecule has 1 unspecified atom stereocenters. The molecule has 0 aliphatic heterocycles. The summed E-state index contributed by atoms with van der Waals surface area (Å²) in [6.45, 7) is -0.178. The summed E-state index contributed by atoms with van der Waals surface area (Å²) < 4.78 is 30.9. The Balaban J connectivity index is 2.86. The quantitative estimate of drug-likeness (QED) is 0.746. The first-order valence-electron chi connectivity index (χ1n) is 4.96. The van der Waals surface area contributed by atoms with Crippen LogP contribution >= 0.6 is 0 Å². The van der Waals surface area contributed by atoms with Crippen molar-refractivity contribution in [3.8, 4) is 0 Å². The van der Waals surface area contributed by atoms with Crippen LogP contribution in [0.2, 0.25) is 0 Å². The molecule has 0 saturated heterocycles. The minimum atomic E-state index is -1.50. The van der Waals surface area contributed by atoms with E-state index in [0.717, 1.165) is 12.1 Å². The summed E-state index contributed by atoms with van der Waals surface area (Å²) in [5.41, 5.74) is -0.239. The molecule has 2 N–H and O–H groups in total. The Bertz CT molecular complexity index is 395. The van der Waals surface area contributed by atoms with Crippen molar-refractivity contribution in [3.63, 3.8) is 0 Å². The number of aliphatic carboxylic acids is 1. The lowest BCUT2D eigenvalue weighted by molar-refractivity contribution is -0.151. The molecular weight excluding hydrogens is 234 g/mol. The zero-order chi connectivity index (χ0) is 12.8. The predicted molar refractivity (Wildman–Crippen MR) is 54.4 cm³/mol. The molecule has 94 valence electrons. The van der Waals surface area contributed by atoms with Gasteiger partial charge in [-0.3, -0.25) is 0 Å². The third kappa shape index (κ3) is 3.76. The number of carboxylic acid groups (broad SMARTS) is 1. The van der Waals surface area contributed by atoms with E-state index in [1.54, 1.807) is 0 Å². The predicted octanol–water partition coefficient (Wildman–Crippen LogP) is 1.49. The molecule has 0 bridgehead atoms. The van der Waals surface area contributed by atoms with Gasteiger partial charge in [0.2, 0.25) is 0 Å². The summed E-state index contributed by atoms with van der Waals surface area (Å²) in [7, 11) is 0. The number of rotatable bonds is 6. The van der Waals surface area contributed by atoms with E-state index in [2.05, 4.69) is 0 Å². The second-order valence-corrected chi connectivity index (χ2v) is 3.33. The van der Waals surface area contributed by atoms with Crippen molar-refractivity contribution >= 4 is 5.97 Å². The van der Waals surface area contributed by atoms with Gasteiger partial charge >= 0.3 is 5.97 Å². The first kappa shape index (κ1) is 13.5. The van der Waals surface area contributed by atoms with Crippen LogP contribution < -0.4 is 0 Å². The molecule has 0 fully saturated rings. The molecule has 0 heterocycles. The van der Waals surface area contributed by atoms with E-state index >= 15 is 0 Å². The fraction of sp³-hybridized carbons (Fsp3) is 0.364. The molecule has 17 heavy (non-hydrogen) atoms. The van der Waals surface area contributed by atoms with Gasteiger partial charge in [-0.25, -0.2) is 13.6 Å². The van der Waals surface area contributed by atoms with E-state index in [4.69, 9.17) is 14.9 Å². The molecule has 0 aliphatic carbocycles. The Morgan fingerprint density at radius 2 is 2.12 bits per heavy atom. The number of carboxylic acids is 1. The van der Waals surface area contributed by atoms with Gasteiger partial charge in [-0.2, -0.15) is 0 Å². The number of halogens is 2. The molecule has 0 spiro atoms. The van der Waals surface area contributed by atoms with Crippen molar-refractivity contribution in [3.05, 3.63) is 35.4 Å². The lowest BCUT2D eigenvalue weighted by Crippen LogP contribution is -2.18. The van der Waals surface area contributed by atoms with Crippen LogP contribution in [0.5, 0.6) is 0 Å². The van der Waals surface area contributed by atoms with E-state index < -0.39 is 23.7 Å². The first-order valence-corrected chi connectivity index (χ1v) is 4.96. The van der Waals surface area contributed by atoms with Crippen molar-refractivity contribution < 1.29 is 28.5 Å². The molecule has 1 atom stereocenters. The van der Waals surface area contributed by atoms with Gasteiger partial charge in [0.05, 0.1) is 6.61 Å². The number of benzene rings is 1. The van der Waals surface area contributed by atoms with E-state index in [9.17, 15) is 13.6 Å². The minimum absolute atomic E-state index is 0.0235. The van der Waals surface area contributed by atoms with Gasteiger partial charge in [0.15, 0.2) is 6.10 Å². The molecule has 4 nitrogen and oxygen atoms in total. The summed E-state index contributed by atoms with van der Waals surface area (Å²) in [4.78, 5) is 10.9. The molecule has 6 heteroatoms. The van der Waals surface area contributed by atoms with Gasteiger partial charge in [0.25, 0.3) is 0 Å². The third-order valence-corrected chi connectivity index (χ3v) is 2.06. The van der Waals surface area contributed by atoms with Gasteiger partial charge in [-0.15, -0.1) is 0 Å². The summed E-state index contributed by atoms with van der Waals surface area (Å²) in [5, 5.41) is 17.4. The fourth-order valence-electron chi connectivity index (χ4n) is 1.27. The molecule has 1 aromatic carbocycles. The van der Waals surface area contributed by atoms with Crippen LogP contribution in [-0.2, 0) is 9.53 Å². The number of hydrogen-bond donors (Lipinski definition) is 2. The molecule has 1 aromatic rings. The molecule has 0 saturated carbocycles. The van der Waals surface area contributed by atoms with Crippen molar-refractivity contribution in [1.29, 1.82) is 0 Å². The van der Waals surface area contributed by atoms with Crippen LogP contribution in [0.4, 0.5) is 8.78 Å². The average molecular weight is 246 g/mol. The lowest BCUT2D eigenvalue weighted by atomic mass is 10.1. The maximum atomic E-state index is 13.3.